The van der Waals surface area contributed by atoms with Gasteiger partial charge in [-0.2, -0.15) is 0 Å². The molecule has 1 atom stereocenters. The first-order valence-electron chi connectivity index (χ1n) is 6.44. The van der Waals surface area contributed by atoms with Crippen molar-refractivity contribution >= 4 is 11.8 Å². The van der Waals surface area contributed by atoms with Gasteiger partial charge in [0, 0.05) is 5.92 Å². The van der Waals surface area contributed by atoms with Crippen molar-refractivity contribution in [1.29, 1.82) is 0 Å². The highest BCUT2D eigenvalue weighted by atomic mass is 16.5. The smallest absolute Gasteiger partial charge is 0.311 e. The molecule has 1 aliphatic carbocycles. The number of ketones is 1. The van der Waals surface area contributed by atoms with E-state index in [1.54, 1.807) is 6.08 Å². The maximum atomic E-state index is 11.8. The number of allylic oxidation sites excluding steroid dienone is 1. The molecule has 0 aliphatic heterocycles. The van der Waals surface area contributed by atoms with Gasteiger partial charge in [-0.3, -0.25) is 9.59 Å². The fourth-order valence-electron chi connectivity index (χ4n) is 1.97. The maximum Gasteiger partial charge on any atom is 0.311 e. The second-order valence-electron chi connectivity index (χ2n) is 6.92. The summed E-state index contributed by atoms with van der Waals surface area (Å²) in [7, 11) is 0. The van der Waals surface area contributed by atoms with Crippen molar-refractivity contribution < 1.29 is 14.3 Å². The molecule has 102 valence electrons. The van der Waals surface area contributed by atoms with Crippen LogP contribution in [-0.2, 0) is 14.3 Å². The lowest BCUT2D eigenvalue weighted by Gasteiger charge is -2.35. The van der Waals surface area contributed by atoms with Gasteiger partial charge in [-0.25, -0.2) is 0 Å². The van der Waals surface area contributed by atoms with Gasteiger partial charge in [0.25, 0.3) is 0 Å². The highest BCUT2D eigenvalue weighted by molar-refractivity contribution is 5.93. The van der Waals surface area contributed by atoms with Gasteiger partial charge in [0.2, 0.25) is 0 Å². The minimum absolute atomic E-state index is 0.0274. The third kappa shape index (κ3) is 3.44. The van der Waals surface area contributed by atoms with Gasteiger partial charge in [-0.1, -0.05) is 20.8 Å². The van der Waals surface area contributed by atoms with Gasteiger partial charge in [0.1, 0.15) is 6.61 Å². The van der Waals surface area contributed by atoms with Crippen LogP contribution >= 0.6 is 0 Å². The number of rotatable bonds is 2. The monoisotopic (exact) mass is 252 g/mol. The Hall–Kier alpha value is -1.12. The van der Waals surface area contributed by atoms with Crippen LogP contribution < -0.4 is 0 Å². The summed E-state index contributed by atoms with van der Waals surface area (Å²) in [5.74, 6) is -0.0695. The van der Waals surface area contributed by atoms with Crippen LogP contribution in [0.15, 0.2) is 11.6 Å². The largest absolute Gasteiger partial charge is 0.461 e. The molecule has 3 heteroatoms. The summed E-state index contributed by atoms with van der Waals surface area (Å²) in [6, 6.07) is 0. The van der Waals surface area contributed by atoms with E-state index >= 15 is 0 Å². The zero-order chi connectivity index (χ0) is 14.1. The lowest BCUT2D eigenvalue weighted by Crippen LogP contribution is -2.33. The molecule has 0 saturated carbocycles. The molecular weight excluding hydrogens is 228 g/mol. The summed E-state index contributed by atoms with van der Waals surface area (Å²) in [6.07, 6.45) is 2.45. The molecule has 0 bridgehead atoms. The number of esters is 1. The van der Waals surface area contributed by atoms with Crippen molar-refractivity contribution in [2.45, 2.75) is 48.0 Å². The predicted octanol–water partition coefficient (Wildman–Crippen LogP) is 3.14. The minimum atomic E-state index is -0.498. The van der Waals surface area contributed by atoms with Crippen molar-refractivity contribution in [2.75, 3.05) is 6.61 Å². The average Bonchev–Trinajstić information content (AvgIpc) is 2.20. The summed E-state index contributed by atoms with van der Waals surface area (Å²) >= 11 is 0. The Balaban J connectivity index is 2.67. The van der Waals surface area contributed by atoms with E-state index < -0.39 is 5.41 Å². The first kappa shape index (κ1) is 14.9. The number of carbonyl (C=O) groups is 2. The second-order valence-corrected chi connectivity index (χ2v) is 6.92. The van der Waals surface area contributed by atoms with E-state index in [0.717, 1.165) is 12.0 Å². The summed E-state index contributed by atoms with van der Waals surface area (Å²) in [5, 5.41) is 0. The average molecular weight is 252 g/mol. The van der Waals surface area contributed by atoms with Crippen LogP contribution in [0.4, 0.5) is 0 Å². The zero-order valence-electron chi connectivity index (χ0n) is 12.3. The lowest BCUT2D eigenvalue weighted by atomic mass is 9.69. The van der Waals surface area contributed by atoms with Crippen molar-refractivity contribution in [3.05, 3.63) is 11.6 Å². The first-order chi connectivity index (χ1) is 8.04. The third-order valence-corrected chi connectivity index (χ3v) is 3.63. The Morgan fingerprint density at radius 3 is 2.44 bits per heavy atom. The normalized spacial score (nSPS) is 23.6. The number of ether oxygens (including phenoxy) is 1. The van der Waals surface area contributed by atoms with Gasteiger partial charge in [0.05, 0.1) is 5.41 Å². The van der Waals surface area contributed by atoms with E-state index in [2.05, 4.69) is 13.8 Å². The quantitative estimate of drug-likeness (QED) is 0.709. The minimum Gasteiger partial charge on any atom is -0.461 e. The fourth-order valence-corrected chi connectivity index (χ4v) is 1.97. The molecule has 0 unspecified atom stereocenters. The molecule has 0 N–H and O–H groups in total. The van der Waals surface area contributed by atoms with Crippen LogP contribution in [0.2, 0.25) is 0 Å². The Bertz CT molecular complexity index is 383. The molecule has 0 radical (unpaired) electrons. The molecule has 1 aliphatic rings. The van der Waals surface area contributed by atoms with E-state index in [9.17, 15) is 9.59 Å². The van der Waals surface area contributed by atoms with E-state index in [0.29, 0.717) is 0 Å². The highest BCUT2D eigenvalue weighted by Crippen LogP contribution is 2.38. The molecule has 3 nitrogen and oxygen atoms in total. The summed E-state index contributed by atoms with van der Waals surface area (Å²) in [5.41, 5.74) is 0.359. The SMILES string of the molecule is C[C@H]1C(=O)C=C(COC(=O)C(C)(C)C)CC1(C)C. The molecule has 0 fully saturated rings. The van der Waals surface area contributed by atoms with Gasteiger partial charge in [0.15, 0.2) is 5.78 Å². The maximum absolute atomic E-state index is 11.8. The van der Waals surface area contributed by atoms with Crippen molar-refractivity contribution in [3.8, 4) is 0 Å². The van der Waals surface area contributed by atoms with Crippen molar-refractivity contribution in [1.82, 2.24) is 0 Å². The topological polar surface area (TPSA) is 43.4 Å². The number of hydrogen-bond donors (Lipinski definition) is 0. The molecule has 0 amide bonds. The zero-order valence-corrected chi connectivity index (χ0v) is 12.3. The highest BCUT2D eigenvalue weighted by Gasteiger charge is 2.35. The molecule has 0 aromatic rings. The van der Waals surface area contributed by atoms with Gasteiger partial charge in [-0.15, -0.1) is 0 Å². The van der Waals surface area contributed by atoms with Gasteiger partial charge in [-0.05, 0) is 44.3 Å². The van der Waals surface area contributed by atoms with Crippen LogP contribution in [-0.4, -0.2) is 18.4 Å². The van der Waals surface area contributed by atoms with Crippen LogP contribution in [0, 0.1) is 16.7 Å². The molecule has 0 spiro atoms. The molecule has 0 heterocycles. The predicted molar refractivity (Wildman–Crippen MR) is 71.1 cm³/mol. The Morgan fingerprint density at radius 2 is 2.00 bits per heavy atom. The first-order valence-corrected chi connectivity index (χ1v) is 6.44. The van der Waals surface area contributed by atoms with E-state index in [-0.39, 0.29) is 29.7 Å². The number of carbonyl (C=O) groups excluding carboxylic acids is 2. The molecular formula is C15H24O3. The molecule has 18 heavy (non-hydrogen) atoms. The Morgan fingerprint density at radius 1 is 1.44 bits per heavy atom. The summed E-state index contributed by atoms with van der Waals surface area (Å²) < 4.78 is 5.26. The van der Waals surface area contributed by atoms with Crippen molar-refractivity contribution in [2.24, 2.45) is 16.7 Å². The summed E-state index contributed by atoms with van der Waals surface area (Å²) in [4.78, 5) is 23.5. The van der Waals surface area contributed by atoms with E-state index in [1.807, 2.05) is 27.7 Å². The second kappa shape index (κ2) is 4.87. The van der Waals surface area contributed by atoms with Crippen LogP contribution in [0.25, 0.3) is 0 Å². The fraction of sp³-hybridized carbons (Fsp3) is 0.733. The van der Waals surface area contributed by atoms with E-state index in [4.69, 9.17) is 4.74 Å². The number of hydrogen-bond acceptors (Lipinski definition) is 3. The molecule has 1 rings (SSSR count). The van der Waals surface area contributed by atoms with Crippen LogP contribution in [0.5, 0.6) is 0 Å². The standard InChI is InChI=1S/C15H24O3/c1-10-12(16)7-11(8-15(10,5)6)9-18-13(17)14(2,3)4/h7,10H,8-9H2,1-6H3/t10-/m0/s1. The van der Waals surface area contributed by atoms with Crippen molar-refractivity contribution in [3.63, 3.8) is 0 Å². The Kier molecular flexibility index (Phi) is 4.04. The molecule has 0 saturated heterocycles. The molecule has 0 aromatic heterocycles. The lowest BCUT2D eigenvalue weighted by molar-refractivity contribution is -0.152. The van der Waals surface area contributed by atoms with Gasteiger partial charge < -0.3 is 4.74 Å². The summed E-state index contributed by atoms with van der Waals surface area (Å²) in [6.45, 7) is 11.8. The van der Waals surface area contributed by atoms with E-state index in [1.165, 1.54) is 0 Å². The Labute approximate surface area is 110 Å². The van der Waals surface area contributed by atoms with Crippen LogP contribution in [0.3, 0.4) is 0 Å². The van der Waals surface area contributed by atoms with Gasteiger partial charge >= 0.3 is 5.97 Å². The third-order valence-electron chi connectivity index (χ3n) is 3.63. The molecule has 0 aromatic carbocycles. The van der Waals surface area contributed by atoms with Crippen LogP contribution in [0.1, 0.15) is 48.0 Å².